The Morgan fingerprint density at radius 2 is 1.98 bits per heavy atom. The Morgan fingerprint density at radius 1 is 1.18 bits per heavy atom. The number of amides is 1. The minimum absolute atomic E-state index is 0.0322. The number of nitrogens with zero attached hydrogens (tertiary/aromatic N) is 6. The highest BCUT2D eigenvalue weighted by Gasteiger charge is 2.37. The second-order valence-corrected chi connectivity index (χ2v) is 12.4. The van der Waals surface area contributed by atoms with Crippen molar-refractivity contribution in [2.75, 3.05) is 36.4 Å². The molecule has 1 saturated heterocycles. The molecular formula is C33H32ClFN8O2. The van der Waals surface area contributed by atoms with Crippen molar-refractivity contribution >= 4 is 50.8 Å². The Hall–Kier alpha value is -4.77. The second kappa shape index (κ2) is 10.7. The Labute approximate surface area is 263 Å². The maximum Gasteiger partial charge on any atom is 0.354 e. The lowest BCUT2D eigenvalue weighted by Gasteiger charge is -2.41. The maximum atomic E-state index is 17.2. The lowest BCUT2D eigenvalue weighted by Crippen LogP contribution is -2.57. The number of hydrogen-bond acceptors (Lipinski definition) is 7. The number of anilines is 2. The van der Waals surface area contributed by atoms with E-state index in [1.54, 1.807) is 17.3 Å². The molecule has 0 spiro atoms. The summed E-state index contributed by atoms with van der Waals surface area (Å²) in [7, 11) is 0. The summed E-state index contributed by atoms with van der Waals surface area (Å²) < 4.78 is 18.7. The number of fused-ring (bicyclic) bond motifs is 3. The van der Waals surface area contributed by atoms with Gasteiger partial charge in [0.05, 0.1) is 50.7 Å². The minimum atomic E-state index is -0.552. The molecule has 1 amide bonds. The minimum Gasteiger partial charge on any atom is -0.380 e. The first-order chi connectivity index (χ1) is 21.6. The molecule has 0 saturated carbocycles. The van der Waals surface area contributed by atoms with Crippen LogP contribution in [0.4, 0.5) is 15.9 Å². The van der Waals surface area contributed by atoms with Crippen LogP contribution in [-0.2, 0) is 4.79 Å². The zero-order valence-corrected chi connectivity index (χ0v) is 26.2. The van der Waals surface area contributed by atoms with Gasteiger partial charge in [-0.05, 0) is 49.1 Å². The number of carbonyl (C=O) groups is 1. The molecule has 2 N–H and O–H groups in total. The summed E-state index contributed by atoms with van der Waals surface area (Å²) in [6.07, 6.45) is 4.66. The quantitative estimate of drug-likeness (QED) is 0.254. The molecule has 0 radical (unpaired) electrons. The molecule has 1 fully saturated rings. The average molecular weight is 627 g/mol. The Balaban J connectivity index is 1.62. The Kier molecular flexibility index (Phi) is 6.88. The standard InChI is InChI=1S/C33H32ClFN8O2/c1-6-22(44)41-11-12-42-19(15-41)13-37-29-25-31(26(34)24(27(29)35)23-17(4)7-8-21-20(23)14-38-40-21)43(33(45)39-32(25)42)30-18(5)9-10-36-28(30)16(2)3/h6-10,14,16,19,37H,1,11-13,15H2,2-5H3,(H,38,40). The molecule has 0 aliphatic carbocycles. The van der Waals surface area contributed by atoms with Crippen LogP contribution in [0.1, 0.15) is 36.6 Å². The van der Waals surface area contributed by atoms with E-state index in [-0.39, 0.29) is 34.1 Å². The van der Waals surface area contributed by atoms with Crippen LogP contribution in [0.3, 0.4) is 0 Å². The predicted molar refractivity (Wildman–Crippen MR) is 175 cm³/mol. The van der Waals surface area contributed by atoms with Crippen molar-refractivity contribution in [3.63, 3.8) is 0 Å². The van der Waals surface area contributed by atoms with Gasteiger partial charge in [-0.25, -0.2) is 9.18 Å². The van der Waals surface area contributed by atoms with Crippen LogP contribution >= 0.6 is 11.6 Å². The summed E-state index contributed by atoms with van der Waals surface area (Å²) in [6.45, 7) is 12.9. The summed E-state index contributed by atoms with van der Waals surface area (Å²) in [4.78, 5) is 39.8. The van der Waals surface area contributed by atoms with Crippen molar-refractivity contribution in [2.45, 2.75) is 39.7 Å². The predicted octanol–water partition coefficient (Wildman–Crippen LogP) is 5.49. The van der Waals surface area contributed by atoms with Gasteiger partial charge in [0.1, 0.15) is 5.82 Å². The van der Waals surface area contributed by atoms with E-state index in [2.05, 4.69) is 32.1 Å². The van der Waals surface area contributed by atoms with Crippen molar-refractivity contribution in [3.8, 4) is 16.8 Å². The van der Waals surface area contributed by atoms with Crippen molar-refractivity contribution in [3.05, 3.63) is 81.4 Å². The van der Waals surface area contributed by atoms with E-state index < -0.39 is 11.5 Å². The topological polar surface area (TPSA) is 112 Å². The van der Waals surface area contributed by atoms with Crippen LogP contribution in [0.5, 0.6) is 0 Å². The number of benzene rings is 2. The van der Waals surface area contributed by atoms with E-state index >= 15 is 4.39 Å². The normalized spacial score (nSPS) is 16.2. The van der Waals surface area contributed by atoms with Gasteiger partial charge < -0.3 is 15.1 Å². The van der Waals surface area contributed by atoms with Gasteiger partial charge in [0.25, 0.3) is 0 Å². The monoisotopic (exact) mass is 626 g/mol. The number of piperazine rings is 1. The van der Waals surface area contributed by atoms with Gasteiger partial charge in [-0.15, -0.1) is 0 Å². The molecule has 230 valence electrons. The van der Waals surface area contributed by atoms with E-state index in [9.17, 15) is 9.59 Å². The fourth-order valence-corrected chi connectivity index (χ4v) is 7.16. The van der Waals surface area contributed by atoms with Crippen molar-refractivity contribution in [2.24, 2.45) is 0 Å². The molecule has 45 heavy (non-hydrogen) atoms. The molecule has 0 bridgehead atoms. The van der Waals surface area contributed by atoms with Gasteiger partial charge in [0, 0.05) is 48.9 Å². The van der Waals surface area contributed by atoms with Crippen LogP contribution in [0.25, 0.3) is 38.6 Å². The number of nitrogens with one attached hydrogen (secondary N) is 2. The largest absolute Gasteiger partial charge is 0.380 e. The Morgan fingerprint density at radius 3 is 2.73 bits per heavy atom. The highest BCUT2D eigenvalue weighted by molar-refractivity contribution is 6.39. The Bertz CT molecular complexity index is 2120. The van der Waals surface area contributed by atoms with Crippen molar-refractivity contribution in [1.29, 1.82) is 0 Å². The number of pyridine rings is 1. The van der Waals surface area contributed by atoms with E-state index in [1.165, 1.54) is 10.6 Å². The molecule has 10 nitrogen and oxygen atoms in total. The molecule has 12 heteroatoms. The van der Waals surface area contributed by atoms with E-state index in [0.29, 0.717) is 65.2 Å². The van der Waals surface area contributed by atoms with Crippen LogP contribution < -0.4 is 15.9 Å². The molecule has 5 heterocycles. The van der Waals surface area contributed by atoms with Gasteiger partial charge in [-0.2, -0.15) is 10.1 Å². The van der Waals surface area contributed by atoms with Crippen LogP contribution in [-0.4, -0.2) is 67.8 Å². The van der Waals surface area contributed by atoms with Gasteiger partial charge in [0.2, 0.25) is 5.91 Å². The van der Waals surface area contributed by atoms with E-state index in [1.807, 2.05) is 50.8 Å². The summed E-state index contributed by atoms with van der Waals surface area (Å²) in [5.74, 6) is -0.433. The zero-order valence-electron chi connectivity index (χ0n) is 25.4. The number of halogens is 2. The molecule has 1 unspecified atom stereocenters. The fraction of sp³-hybridized carbons (Fsp3) is 0.303. The number of aromatic nitrogens is 5. The zero-order chi connectivity index (χ0) is 31.7. The van der Waals surface area contributed by atoms with Crippen LogP contribution in [0.2, 0.25) is 5.02 Å². The van der Waals surface area contributed by atoms with Gasteiger partial charge in [-0.1, -0.05) is 38.1 Å². The van der Waals surface area contributed by atoms with E-state index in [4.69, 9.17) is 11.6 Å². The first-order valence-corrected chi connectivity index (χ1v) is 15.3. The summed E-state index contributed by atoms with van der Waals surface area (Å²) >= 11 is 7.38. The summed E-state index contributed by atoms with van der Waals surface area (Å²) in [5, 5.41) is 11.7. The summed E-state index contributed by atoms with van der Waals surface area (Å²) in [6, 6.07) is 5.33. The molecule has 3 aromatic heterocycles. The first-order valence-electron chi connectivity index (χ1n) is 14.9. The van der Waals surface area contributed by atoms with Crippen molar-refractivity contribution in [1.82, 2.24) is 29.6 Å². The van der Waals surface area contributed by atoms with Gasteiger partial charge in [-0.3, -0.25) is 19.4 Å². The lowest BCUT2D eigenvalue weighted by molar-refractivity contribution is -0.126. The lowest BCUT2D eigenvalue weighted by atomic mass is 9.94. The van der Waals surface area contributed by atoms with Crippen molar-refractivity contribution < 1.29 is 9.18 Å². The number of aryl methyl sites for hydroxylation is 2. The average Bonchev–Trinajstić information content (AvgIpc) is 3.44. The molecular weight excluding hydrogens is 595 g/mol. The number of rotatable bonds is 4. The first kappa shape index (κ1) is 29.0. The molecule has 7 rings (SSSR count). The number of H-pyrrole nitrogens is 1. The third-order valence-corrected chi connectivity index (χ3v) is 9.32. The van der Waals surface area contributed by atoms with Gasteiger partial charge in [0.15, 0.2) is 5.82 Å². The highest BCUT2D eigenvalue weighted by atomic mass is 35.5. The second-order valence-electron chi connectivity index (χ2n) is 12.0. The van der Waals surface area contributed by atoms with Gasteiger partial charge >= 0.3 is 5.69 Å². The molecule has 2 aliphatic rings. The molecule has 2 aliphatic heterocycles. The molecule has 5 aromatic rings. The van der Waals surface area contributed by atoms with Crippen LogP contribution in [0, 0.1) is 19.7 Å². The third-order valence-electron chi connectivity index (χ3n) is 8.96. The van der Waals surface area contributed by atoms with E-state index in [0.717, 1.165) is 16.6 Å². The number of carbonyl (C=O) groups excluding carboxylic acids is 1. The molecule has 1 atom stereocenters. The number of aromatic amines is 1. The number of hydrogen-bond donors (Lipinski definition) is 2. The molecule has 2 aromatic carbocycles. The fourth-order valence-electron chi connectivity index (χ4n) is 6.80. The third kappa shape index (κ3) is 4.32. The summed E-state index contributed by atoms with van der Waals surface area (Å²) in [5.41, 5.74) is 4.33. The smallest absolute Gasteiger partial charge is 0.354 e. The maximum absolute atomic E-state index is 17.2. The highest BCUT2D eigenvalue weighted by Crippen LogP contribution is 2.48. The SMILES string of the molecule is C=CC(=O)N1CCN2c3nc(=O)n(-c4c(C)ccnc4C(C)C)c4c(Cl)c(-c5c(C)ccc6[nH]ncc56)c(F)c(c34)NCC2C1. The van der Waals surface area contributed by atoms with Crippen LogP contribution in [0.15, 0.2) is 48.0 Å².